The minimum Gasteiger partial charge on any atom is -0.485 e. The molecule has 1 aliphatic heterocycles. The number of nitrogens with zero attached hydrogens (tertiary/aromatic N) is 1. The van der Waals surface area contributed by atoms with E-state index in [0.29, 0.717) is 11.5 Å². The lowest BCUT2D eigenvalue weighted by Crippen LogP contribution is -2.41. The highest BCUT2D eigenvalue weighted by Gasteiger charge is 2.23. The Hall–Kier alpha value is -1.91. The highest BCUT2D eigenvalue weighted by Crippen LogP contribution is 2.30. The third kappa shape index (κ3) is 1.44. The lowest BCUT2D eigenvalue weighted by molar-refractivity contribution is 0.131. The van der Waals surface area contributed by atoms with Crippen molar-refractivity contribution in [1.29, 1.82) is 0 Å². The van der Waals surface area contributed by atoms with Gasteiger partial charge in [0.1, 0.15) is 6.61 Å². The highest BCUT2D eigenvalue weighted by atomic mass is 16.6. The Labute approximate surface area is 80.7 Å². The van der Waals surface area contributed by atoms with Crippen LogP contribution in [0.4, 0.5) is 0 Å². The summed E-state index contributed by atoms with van der Waals surface area (Å²) in [5.41, 5.74) is 5.40. The van der Waals surface area contributed by atoms with E-state index in [0.717, 1.165) is 0 Å². The average molecular weight is 194 g/mol. The molecule has 5 heteroatoms. The molecule has 2 rings (SSSR count). The summed E-state index contributed by atoms with van der Waals surface area (Å²) in [5, 5.41) is 11.3. The minimum atomic E-state index is -0.519. The van der Waals surface area contributed by atoms with Crippen LogP contribution in [0.25, 0.3) is 0 Å². The molecule has 1 aliphatic rings. The van der Waals surface area contributed by atoms with Gasteiger partial charge in [0.15, 0.2) is 23.4 Å². The maximum atomic E-state index is 8.46. The summed E-state index contributed by atoms with van der Waals surface area (Å²) in [6.07, 6.45) is -0.519. The summed E-state index contributed by atoms with van der Waals surface area (Å²) < 4.78 is 10.8. The minimum absolute atomic E-state index is 0.0134. The van der Waals surface area contributed by atoms with E-state index in [1.54, 1.807) is 12.1 Å². The first-order valence-corrected chi connectivity index (χ1v) is 4.17. The second-order valence-corrected chi connectivity index (χ2v) is 2.89. The van der Waals surface area contributed by atoms with Crippen molar-refractivity contribution in [3.8, 4) is 11.5 Å². The number of para-hydroxylation sites is 2. The van der Waals surface area contributed by atoms with Gasteiger partial charge >= 0.3 is 0 Å². The molecule has 0 saturated heterocycles. The smallest absolute Gasteiger partial charge is 0.193 e. The second-order valence-electron chi connectivity index (χ2n) is 2.89. The Kier molecular flexibility index (Phi) is 2.14. The molecule has 0 aromatic heterocycles. The molecule has 1 aromatic rings. The van der Waals surface area contributed by atoms with Crippen molar-refractivity contribution in [2.24, 2.45) is 10.9 Å². The number of ether oxygens (including phenoxy) is 2. The molecule has 1 aromatic carbocycles. The topological polar surface area (TPSA) is 77.1 Å². The van der Waals surface area contributed by atoms with E-state index < -0.39 is 6.10 Å². The fourth-order valence-corrected chi connectivity index (χ4v) is 1.23. The van der Waals surface area contributed by atoms with E-state index in [2.05, 4.69) is 5.16 Å². The number of benzene rings is 1. The molecule has 14 heavy (non-hydrogen) atoms. The zero-order chi connectivity index (χ0) is 9.97. The summed E-state index contributed by atoms with van der Waals surface area (Å²) in [6.45, 7) is 0.257. The van der Waals surface area contributed by atoms with Crippen LogP contribution in [0.3, 0.4) is 0 Å². The number of amidine groups is 1. The van der Waals surface area contributed by atoms with Gasteiger partial charge in [0.25, 0.3) is 0 Å². The second kappa shape index (κ2) is 3.45. The van der Waals surface area contributed by atoms with E-state index in [9.17, 15) is 0 Å². The van der Waals surface area contributed by atoms with Crippen LogP contribution < -0.4 is 15.2 Å². The average Bonchev–Trinajstić information content (AvgIpc) is 2.27. The van der Waals surface area contributed by atoms with Crippen molar-refractivity contribution in [2.75, 3.05) is 6.61 Å². The maximum Gasteiger partial charge on any atom is 0.193 e. The van der Waals surface area contributed by atoms with Gasteiger partial charge in [-0.15, -0.1) is 0 Å². The summed E-state index contributed by atoms with van der Waals surface area (Å²) in [4.78, 5) is 0. The van der Waals surface area contributed by atoms with Crippen LogP contribution >= 0.6 is 0 Å². The summed E-state index contributed by atoms with van der Waals surface area (Å²) in [6, 6.07) is 7.26. The molecular weight excluding hydrogens is 184 g/mol. The first-order chi connectivity index (χ1) is 6.81. The number of oxime groups is 1. The molecule has 0 amide bonds. The van der Waals surface area contributed by atoms with Crippen molar-refractivity contribution in [3.05, 3.63) is 24.3 Å². The molecule has 0 saturated carbocycles. The van der Waals surface area contributed by atoms with Crippen LogP contribution in [0.15, 0.2) is 29.4 Å². The standard InChI is InChI=1S/C9H10N2O3/c10-9(11-12)8-5-13-6-3-1-2-4-7(6)14-8/h1-4,8,12H,5H2,(H2,10,11)/t8-/m1/s1. The molecule has 0 aliphatic carbocycles. The molecule has 0 fully saturated rings. The predicted molar refractivity (Wildman–Crippen MR) is 49.8 cm³/mol. The van der Waals surface area contributed by atoms with Gasteiger partial charge in [0.2, 0.25) is 0 Å². The molecule has 74 valence electrons. The molecule has 0 bridgehead atoms. The SMILES string of the molecule is NC(=NO)[C@H]1COc2ccccc2O1. The fourth-order valence-electron chi connectivity index (χ4n) is 1.23. The van der Waals surface area contributed by atoms with Gasteiger partial charge in [0, 0.05) is 0 Å². The third-order valence-corrected chi connectivity index (χ3v) is 1.95. The van der Waals surface area contributed by atoms with Crippen LogP contribution in [0, 0.1) is 0 Å². The first kappa shape index (κ1) is 8.68. The van der Waals surface area contributed by atoms with Crippen molar-refractivity contribution in [3.63, 3.8) is 0 Å². The zero-order valence-corrected chi connectivity index (χ0v) is 7.38. The molecule has 0 unspecified atom stereocenters. The van der Waals surface area contributed by atoms with Gasteiger partial charge < -0.3 is 20.4 Å². The predicted octanol–water partition coefficient (Wildman–Crippen LogP) is 0.573. The van der Waals surface area contributed by atoms with Crippen molar-refractivity contribution >= 4 is 5.84 Å². The summed E-state index contributed by atoms with van der Waals surface area (Å²) >= 11 is 0. The fraction of sp³-hybridized carbons (Fsp3) is 0.222. The van der Waals surface area contributed by atoms with Gasteiger partial charge in [-0.3, -0.25) is 0 Å². The number of hydrogen-bond donors (Lipinski definition) is 2. The highest BCUT2D eigenvalue weighted by molar-refractivity contribution is 5.85. The molecule has 3 N–H and O–H groups in total. The first-order valence-electron chi connectivity index (χ1n) is 4.17. The van der Waals surface area contributed by atoms with Crippen LogP contribution in [0.2, 0.25) is 0 Å². The monoisotopic (exact) mass is 194 g/mol. The molecule has 0 radical (unpaired) electrons. The van der Waals surface area contributed by atoms with Crippen LogP contribution in [-0.4, -0.2) is 23.8 Å². The van der Waals surface area contributed by atoms with E-state index in [4.69, 9.17) is 20.4 Å². The van der Waals surface area contributed by atoms with Crippen LogP contribution in [0.5, 0.6) is 11.5 Å². The largest absolute Gasteiger partial charge is 0.485 e. The third-order valence-electron chi connectivity index (χ3n) is 1.95. The lowest BCUT2D eigenvalue weighted by atomic mass is 10.2. The quantitative estimate of drug-likeness (QED) is 0.296. The number of fused-ring (bicyclic) bond motifs is 1. The van der Waals surface area contributed by atoms with E-state index >= 15 is 0 Å². The summed E-state index contributed by atoms with van der Waals surface area (Å²) in [5.74, 6) is 1.30. The Bertz CT molecular complexity index is 365. The van der Waals surface area contributed by atoms with Crippen molar-refractivity contribution < 1.29 is 14.7 Å². The van der Waals surface area contributed by atoms with E-state index in [1.165, 1.54) is 0 Å². The van der Waals surface area contributed by atoms with Gasteiger partial charge in [-0.2, -0.15) is 0 Å². The van der Waals surface area contributed by atoms with E-state index in [1.807, 2.05) is 12.1 Å². The van der Waals surface area contributed by atoms with Gasteiger partial charge in [-0.25, -0.2) is 0 Å². The van der Waals surface area contributed by atoms with E-state index in [-0.39, 0.29) is 12.4 Å². The lowest BCUT2D eigenvalue weighted by Gasteiger charge is -2.25. The Balaban J connectivity index is 2.21. The molecular formula is C9H10N2O3. The molecule has 5 nitrogen and oxygen atoms in total. The van der Waals surface area contributed by atoms with Gasteiger partial charge in [-0.1, -0.05) is 17.3 Å². The van der Waals surface area contributed by atoms with Gasteiger partial charge in [-0.05, 0) is 12.1 Å². The normalized spacial score (nSPS) is 20.6. The van der Waals surface area contributed by atoms with Gasteiger partial charge in [0.05, 0.1) is 0 Å². The maximum absolute atomic E-state index is 8.46. The Morgan fingerprint density at radius 3 is 2.86 bits per heavy atom. The van der Waals surface area contributed by atoms with Crippen molar-refractivity contribution in [2.45, 2.75) is 6.10 Å². The molecule has 1 heterocycles. The number of nitrogens with two attached hydrogens (primary N) is 1. The Morgan fingerprint density at radius 1 is 1.43 bits per heavy atom. The number of rotatable bonds is 1. The van der Waals surface area contributed by atoms with Crippen LogP contribution in [0.1, 0.15) is 0 Å². The molecule has 0 spiro atoms. The molecule has 1 atom stereocenters. The van der Waals surface area contributed by atoms with Crippen molar-refractivity contribution in [1.82, 2.24) is 0 Å². The summed E-state index contributed by atoms with van der Waals surface area (Å²) in [7, 11) is 0. The zero-order valence-electron chi connectivity index (χ0n) is 7.38. The van der Waals surface area contributed by atoms with Crippen LogP contribution in [-0.2, 0) is 0 Å². The Morgan fingerprint density at radius 2 is 2.14 bits per heavy atom. The number of hydrogen-bond acceptors (Lipinski definition) is 4.